The summed E-state index contributed by atoms with van der Waals surface area (Å²) in [5, 5.41) is 23.1. The second-order valence-corrected chi connectivity index (χ2v) is 20.7. The highest BCUT2D eigenvalue weighted by atomic mass is 16.5. The van der Waals surface area contributed by atoms with Crippen molar-refractivity contribution in [3.8, 4) is 0 Å². The summed E-state index contributed by atoms with van der Waals surface area (Å²) in [5.41, 5.74) is 0. The molecular weight excluding hydrogens is 827 g/mol. The van der Waals surface area contributed by atoms with Crippen LogP contribution in [0.5, 0.6) is 0 Å². The van der Waals surface area contributed by atoms with Gasteiger partial charge in [0.2, 0.25) is 5.91 Å². The van der Waals surface area contributed by atoms with Crippen molar-refractivity contribution in [2.24, 2.45) is 0 Å². The molecule has 0 radical (unpaired) electrons. The first-order chi connectivity index (χ1) is 33.0. The molecule has 0 saturated heterocycles. The maximum absolute atomic E-state index is 12.4. The van der Waals surface area contributed by atoms with E-state index in [1.54, 1.807) is 6.08 Å². The monoisotopic (exact) mass is 944 g/mol. The first-order valence-corrected chi connectivity index (χ1v) is 30.1. The molecule has 0 heterocycles. The third kappa shape index (κ3) is 53.5. The largest absolute Gasteiger partial charge is 0.466 e. The fourth-order valence-corrected chi connectivity index (χ4v) is 9.34. The molecule has 0 aliphatic carbocycles. The Kier molecular flexibility index (Phi) is 55.5. The van der Waals surface area contributed by atoms with Gasteiger partial charge >= 0.3 is 5.97 Å². The van der Waals surface area contributed by atoms with E-state index in [1.165, 1.54) is 257 Å². The summed E-state index contributed by atoms with van der Waals surface area (Å²) >= 11 is 0. The number of hydrogen-bond donors (Lipinski definition) is 3. The Labute approximate surface area is 418 Å². The summed E-state index contributed by atoms with van der Waals surface area (Å²) in [6, 6.07) is -0.625. The van der Waals surface area contributed by atoms with Gasteiger partial charge in [-0.1, -0.05) is 282 Å². The number of amides is 1. The van der Waals surface area contributed by atoms with Crippen molar-refractivity contribution in [1.29, 1.82) is 0 Å². The quantitative estimate of drug-likeness (QED) is 0.0321. The zero-order chi connectivity index (χ0) is 48.6. The van der Waals surface area contributed by atoms with E-state index < -0.39 is 12.1 Å². The lowest BCUT2D eigenvalue weighted by atomic mass is 10.0. The van der Waals surface area contributed by atoms with E-state index in [0.29, 0.717) is 19.4 Å². The molecule has 0 aromatic rings. The molecule has 0 aliphatic rings. The standard InChI is InChI=1S/C61H117NO5/c1-3-5-7-9-11-13-15-30-33-37-41-45-49-53-59(64)58(57-63)62-60(65)54-50-46-42-38-34-31-28-26-24-22-20-18-17-19-21-23-25-27-29-32-36-40-44-48-52-56-67-61(66)55-51-47-43-39-35-16-14-12-10-8-6-4-2/h12,14,49,53,58-59,63-64H,3-11,13,15-48,50-52,54-57H2,1-2H3,(H,62,65)/b14-12-,53-49+. The van der Waals surface area contributed by atoms with E-state index in [9.17, 15) is 19.8 Å². The van der Waals surface area contributed by atoms with Gasteiger partial charge in [0.1, 0.15) is 0 Å². The predicted octanol–water partition coefficient (Wildman–Crippen LogP) is 18.6. The second kappa shape index (κ2) is 56.9. The maximum atomic E-state index is 12.4. The van der Waals surface area contributed by atoms with Gasteiger partial charge in [-0.3, -0.25) is 9.59 Å². The number of hydrogen-bond acceptors (Lipinski definition) is 5. The van der Waals surface area contributed by atoms with Crippen molar-refractivity contribution in [3.63, 3.8) is 0 Å². The Morgan fingerprint density at radius 2 is 0.701 bits per heavy atom. The maximum Gasteiger partial charge on any atom is 0.305 e. The molecule has 0 fully saturated rings. The molecule has 396 valence electrons. The molecule has 2 atom stereocenters. The Hall–Kier alpha value is -1.66. The SMILES string of the molecule is CCCCC/C=C\CCCCCCCC(=O)OCCCCCCCCCCCCCCCCCCCCCCCCCCCC(=O)NC(CO)C(O)/C=C/CCCCCCCCCCCCC. The molecule has 0 aliphatic heterocycles. The lowest BCUT2D eigenvalue weighted by molar-refractivity contribution is -0.143. The second-order valence-electron chi connectivity index (χ2n) is 20.7. The van der Waals surface area contributed by atoms with Crippen molar-refractivity contribution < 1.29 is 24.5 Å². The molecule has 2 unspecified atom stereocenters. The van der Waals surface area contributed by atoms with Crippen LogP contribution in [0, 0.1) is 0 Å². The molecule has 6 nitrogen and oxygen atoms in total. The van der Waals surface area contributed by atoms with Crippen LogP contribution in [0.1, 0.15) is 328 Å². The first-order valence-electron chi connectivity index (χ1n) is 30.1. The number of aliphatic hydroxyl groups excluding tert-OH is 2. The summed E-state index contributed by atoms with van der Waals surface area (Å²) in [7, 11) is 0. The Morgan fingerprint density at radius 1 is 0.403 bits per heavy atom. The number of ether oxygens (including phenoxy) is 1. The van der Waals surface area contributed by atoms with Gasteiger partial charge in [0.15, 0.2) is 0 Å². The molecule has 0 saturated carbocycles. The van der Waals surface area contributed by atoms with Crippen LogP contribution in [0.15, 0.2) is 24.3 Å². The van der Waals surface area contributed by atoms with E-state index in [2.05, 4.69) is 31.3 Å². The number of nitrogens with one attached hydrogen (secondary N) is 1. The number of carbonyl (C=O) groups excluding carboxylic acids is 2. The van der Waals surface area contributed by atoms with Gasteiger partial charge in [-0.05, 0) is 57.8 Å². The molecule has 0 bridgehead atoms. The first kappa shape index (κ1) is 65.3. The minimum atomic E-state index is -0.842. The highest BCUT2D eigenvalue weighted by Crippen LogP contribution is 2.17. The van der Waals surface area contributed by atoms with Crippen LogP contribution in [0.3, 0.4) is 0 Å². The minimum absolute atomic E-state index is 0.00587. The number of rotatable bonds is 56. The van der Waals surface area contributed by atoms with Gasteiger partial charge in [0.25, 0.3) is 0 Å². The van der Waals surface area contributed by atoms with Crippen molar-refractivity contribution >= 4 is 11.9 Å². The molecule has 0 aromatic carbocycles. The van der Waals surface area contributed by atoms with Gasteiger partial charge in [-0.2, -0.15) is 0 Å². The highest BCUT2D eigenvalue weighted by Gasteiger charge is 2.18. The third-order valence-corrected chi connectivity index (χ3v) is 14.0. The molecule has 3 N–H and O–H groups in total. The molecule has 0 aromatic heterocycles. The molecular formula is C61H117NO5. The van der Waals surface area contributed by atoms with Gasteiger partial charge in [0, 0.05) is 12.8 Å². The van der Waals surface area contributed by atoms with Gasteiger partial charge in [-0.25, -0.2) is 0 Å². The lowest BCUT2D eigenvalue weighted by Crippen LogP contribution is -2.45. The molecule has 67 heavy (non-hydrogen) atoms. The van der Waals surface area contributed by atoms with Crippen molar-refractivity contribution in [2.75, 3.05) is 13.2 Å². The van der Waals surface area contributed by atoms with E-state index >= 15 is 0 Å². The van der Waals surface area contributed by atoms with Crippen LogP contribution in [0.2, 0.25) is 0 Å². The Morgan fingerprint density at radius 3 is 1.09 bits per heavy atom. The van der Waals surface area contributed by atoms with Gasteiger partial charge < -0.3 is 20.3 Å². The molecule has 0 rings (SSSR count). The summed E-state index contributed by atoms with van der Waals surface area (Å²) < 4.78 is 5.47. The molecule has 1 amide bonds. The normalized spacial score (nSPS) is 12.7. The van der Waals surface area contributed by atoms with E-state index in [1.807, 2.05) is 6.08 Å². The van der Waals surface area contributed by atoms with Gasteiger partial charge in [-0.15, -0.1) is 0 Å². The summed E-state index contributed by atoms with van der Waals surface area (Å²) in [6.45, 7) is 4.89. The van der Waals surface area contributed by atoms with Crippen molar-refractivity contribution in [3.05, 3.63) is 24.3 Å². The predicted molar refractivity (Wildman–Crippen MR) is 292 cm³/mol. The molecule has 0 spiro atoms. The average Bonchev–Trinajstić information content (AvgIpc) is 3.33. The zero-order valence-corrected chi connectivity index (χ0v) is 45.1. The zero-order valence-electron chi connectivity index (χ0n) is 45.1. The number of aliphatic hydroxyl groups is 2. The van der Waals surface area contributed by atoms with Crippen LogP contribution in [0.4, 0.5) is 0 Å². The van der Waals surface area contributed by atoms with Gasteiger partial charge in [0.05, 0.1) is 25.4 Å². The number of esters is 1. The summed E-state index contributed by atoms with van der Waals surface area (Å²) in [6.07, 6.45) is 69.3. The van der Waals surface area contributed by atoms with Crippen LogP contribution < -0.4 is 5.32 Å². The van der Waals surface area contributed by atoms with Crippen LogP contribution in [0.25, 0.3) is 0 Å². The summed E-state index contributed by atoms with van der Waals surface area (Å²) in [5.74, 6) is -0.0597. The van der Waals surface area contributed by atoms with Crippen LogP contribution in [-0.4, -0.2) is 47.4 Å². The smallest absolute Gasteiger partial charge is 0.305 e. The Bertz CT molecular complexity index is 1040. The van der Waals surface area contributed by atoms with Crippen molar-refractivity contribution in [1.82, 2.24) is 5.32 Å². The van der Waals surface area contributed by atoms with Crippen molar-refractivity contribution in [2.45, 2.75) is 341 Å². The Balaban J connectivity index is 3.37. The van der Waals surface area contributed by atoms with E-state index in [0.717, 1.165) is 44.9 Å². The number of unbranched alkanes of at least 4 members (excludes halogenated alkanes) is 43. The molecule has 6 heteroatoms. The third-order valence-electron chi connectivity index (χ3n) is 14.0. The fraction of sp³-hybridized carbons (Fsp3) is 0.902. The van der Waals surface area contributed by atoms with Crippen LogP contribution >= 0.6 is 0 Å². The highest BCUT2D eigenvalue weighted by molar-refractivity contribution is 5.76. The van der Waals surface area contributed by atoms with Crippen LogP contribution in [-0.2, 0) is 14.3 Å². The lowest BCUT2D eigenvalue weighted by Gasteiger charge is -2.20. The number of allylic oxidation sites excluding steroid dienone is 3. The number of carbonyl (C=O) groups is 2. The van der Waals surface area contributed by atoms with E-state index in [4.69, 9.17) is 4.74 Å². The minimum Gasteiger partial charge on any atom is -0.466 e. The average molecular weight is 945 g/mol. The fourth-order valence-electron chi connectivity index (χ4n) is 9.34. The topological polar surface area (TPSA) is 95.9 Å². The summed E-state index contributed by atoms with van der Waals surface area (Å²) in [4.78, 5) is 24.4. The van der Waals surface area contributed by atoms with E-state index in [-0.39, 0.29) is 18.5 Å².